The molecule has 0 saturated heterocycles. The van der Waals surface area contributed by atoms with Crippen molar-refractivity contribution in [2.75, 3.05) is 0 Å². The van der Waals surface area contributed by atoms with Crippen molar-refractivity contribution < 1.29 is 0 Å². The predicted molar refractivity (Wildman–Crippen MR) is 228 cm³/mol. The molecule has 56 heavy (non-hydrogen) atoms. The van der Waals surface area contributed by atoms with E-state index in [9.17, 15) is 0 Å². The molecule has 0 amide bonds. The van der Waals surface area contributed by atoms with Crippen LogP contribution in [0, 0.1) is 0 Å². The molecule has 0 spiro atoms. The first kappa shape index (κ1) is 30.7. The third-order valence-electron chi connectivity index (χ3n) is 11.1. The molecule has 0 atom stereocenters. The molecule has 6 heteroatoms. The van der Waals surface area contributed by atoms with Crippen LogP contribution >= 0.6 is 0 Å². The Morgan fingerprint density at radius 2 is 0.893 bits per heavy atom. The highest BCUT2D eigenvalue weighted by Crippen LogP contribution is 2.45. The first-order valence-electron chi connectivity index (χ1n) is 18.8. The SMILES string of the molecule is c1ccc(-c2nc(-c3ccccc3)nc(-c3ccc(-n4c5cccc6c7ccccc7n7c(-c8ccccc8)nc8ccc4c(c65)c87)c4ccccc34)n2)cc1. The summed E-state index contributed by atoms with van der Waals surface area (Å²) in [6.07, 6.45) is 0. The Labute approximate surface area is 321 Å². The molecule has 0 unspecified atom stereocenters. The van der Waals surface area contributed by atoms with Gasteiger partial charge in [-0.1, -0.05) is 146 Å². The van der Waals surface area contributed by atoms with Crippen molar-refractivity contribution in [3.63, 3.8) is 0 Å². The number of benzene rings is 8. The largest absolute Gasteiger partial charge is 0.309 e. The average Bonchev–Trinajstić information content (AvgIpc) is 3.79. The summed E-state index contributed by atoms with van der Waals surface area (Å²) in [4.78, 5) is 20.5. The molecule has 0 radical (unpaired) electrons. The second-order valence-corrected chi connectivity index (χ2v) is 14.2. The Morgan fingerprint density at radius 3 is 1.61 bits per heavy atom. The van der Waals surface area contributed by atoms with Gasteiger partial charge in [0.2, 0.25) is 0 Å². The zero-order valence-electron chi connectivity index (χ0n) is 30.0. The molecule has 0 saturated carbocycles. The number of hydrogen-bond donors (Lipinski definition) is 0. The fourth-order valence-electron chi connectivity index (χ4n) is 8.71. The first-order chi connectivity index (χ1) is 27.8. The number of aromatic nitrogens is 6. The van der Waals surface area contributed by atoms with Crippen LogP contribution in [-0.4, -0.2) is 28.9 Å². The maximum Gasteiger partial charge on any atom is 0.164 e. The van der Waals surface area contributed by atoms with Crippen molar-refractivity contribution in [2.24, 2.45) is 0 Å². The molecular formula is C50H30N6. The molecule has 4 aromatic heterocycles. The summed E-state index contributed by atoms with van der Waals surface area (Å²) in [5.74, 6) is 2.85. The quantitative estimate of drug-likeness (QED) is 0.178. The van der Waals surface area contributed by atoms with Gasteiger partial charge in [0, 0.05) is 43.8 Å². The first-order valence-corrected chi connectivity index (χ1v) is 18.8. The molecule has 0 fully saturated rings. The van der Waals surface area contributed by atoms with Crippen molar-refractivity contribution in [3.8, 4) is 51.2 Å². The number of nitrogens with zero attached hydrogens (tertiary/aromatic N) is 6. The summed E-state index contributed by atoms with van der Waals surface area (Å²) in [5, 5.41) is 6.99. The lowest BCUT2D eigenvalue weighted by Crippen LogP contribution is -2.01. The summed E-state index contributed by atoms with van der Waals surface area (Å²) in [5.41, 5.74) is 10.5. The van der Waals surface area contributed by atoms with Crippen molar-refractivity contribution in [1.29, 1.82) is 0 Å². The second-order valence-electron chi connectivity index (χ2n) is 14.2. The van der Waals surface area contributed by atoms with Gasteiger partial charge in [-0.3, -0.25) is 4.40 Å². The molecule has 12 rings (SSSR count). The van der Waals surface area contributed by atoms with Gasteiger partial charge in [-0.05, 0) is 47.2 Å². The second kappa shape index (κ2) is 11.9. The third-order valence-corrected chi connectivity index (χ3v) is 11.1. The number of para-hydroxylation sites is 1. The van der Waals surface area contributed by atoms with Gasteiger partial charge in [0.25, 0.3) is 0 Å². The highest BCUT2D eigenvalue weighted by atomic mass is 15.1. The smallest absolute Gasteiger partial charge is 0.164 e. The van der Waals surface area contributed by atoms with E-state index in [1.807, 2.05) is 60.7 Å². The summed E-state index contributed by atoms with van der Waals surface area (Å²) in [7, 11) is 0. The average molecular weight is 715 g/mol. The lowest BCUT2D eigenvalue weighted by molar-refractivity contribution is 1.08. The van der Waals surface area contributed by atoms with Crippen LogP contribution in [-0.2, 0) is 0 Å². The fraction of sp³-hybridized carbons (Fsp3) is 0. The maximum absolute atomic E-state index is 5.31. The van der Waals surface area contributed by atoms with Gasteiger partial charge < -0.3 is 4.57 Å². The van der Waals surface area contributed by atoms with Crippen LogP contribution in [0.25, 0.3) is 111 Å². The van der Waals surface area contributed by atoms with E-state index in [1.165, 1.54) is 21.5 Å². The molecule has 12 aromatic rings. The molecule has 260 valence electrons. The Kier molecular flexibility index (Phi) is 6.53. The van der Waals surface area contributed by atoms with Gasteiger partial charge in [0.05, 0.1) is 33.3 Å². The molecule has 0 bridgehead atoms. The minimum absolute atomic E-state index is 0.634. The molecule has 0 aliphatic carbocycles. The van der Waals surface area contributed by atoms with E-state index in [0.29, 0.717) is 17.5 Å². The number of hydrogen-bond acceptors (Lipinski definition) is 4. The number of fused-ring (bicyclic) bond motifs is 4. The van der Waals surface area contributed by atoms with E-state index >= 15 is 0 Å². The Bertz CT molecular complexity index is 3400. The summed E-state index contributed by atoms with van der Waals surface area (Å²) >= 11 is 0. The zero-order chi connectivity index (χ0) is 36.7. The van der Waals surface area contributed by atoms with E-state index in [2.05, 4.69) is 130 Å². The van der Waals surface area contributed by atoms with E-state index in [4.69, 9.17) is 19.9 Å². The zero-order valence-corrected chi connectivity index (χ0v) is 30.0. The van der Waals surface area contributed by atoms with Crippen molar-refractivity contribution >= 4 is 59.9 Å². The monoisotopic (exact) mass is 714 g/mol. The number of imidazole rings is 1. The molecular weight excluding hydrogens is 685 g/mol. The van der Waals surface area contributed by atoms with Crippen LogP contribution in [0.4, 0.5) is 0 Å². The lowest BCUT2D eigenvalue weighted by atomic mass is 10.0. The van der Waals surface area contributed by atoms with E-state index < -0.39 is 0 Å². The fourth-order valence-corrected chi connectivity index (χ4v) is 8.71. The number of rotatable bonds is 5. The topological polar surface area (TPSA) is 60.9 Å². The van der Waals surface area contributed by atoms with Gasteiger partial charge >= 0.3 is 0 Å². The van der Waals surface area contributed by atoms with E-state index in [0.717, 1.165) is 72.1 Å². The predicted octanol–water partition coefficient (Wildman–Crippen LogP) is 12.2. The van der Waals surface area contributed by atoms with Gasteiger partial charge in [-0.2, -0.15) is 0 Å². The molecule has 4 heterocycles. The normalized spacial score (nSPS) is 11.9. The van der Waals surface area contributed by atoms with Gasteiger partial charge in [-0.15, -0.1) is 0 Å². The molecule has 0 aliphatic heterocycles. The Hall–Kier alpha value is -7.70. The molecule has 6 nitrogen and oxygen atoms in total. The van der Waals surface area contributed by atoms with E-state index in [-0.39, 0.29) is 0 Å². The highest BCUT2D eigenvalue weighted by molar-refractivity contribution is 6.30. The lowest BCUT2D eigenvalue weighted by Gasteiger charge is -2.15. The molecule has 8 aromatic carbocycles. The van der Waals surface area contributed by atoms with Crippen LogP contribution in [0.3, 0.4) is 0 Å². The van der Waals surface area contributed by atoms with Gasteiger partial charge in [0.15, 0.2) is 17.5 Å². The van der Waals surface area contributed by atoms with Crippen LogP contribution in [0.1, 0.15) is 0 Å². The van der Waals surface area contributed by atoms with Crippen LogP contribution in [0.2, 0.25) is 0 Å². The Balaban J connectivity index is 1.16. The molecule has 0 aliphatic rings. The van der Waals surface area contributed by atoms with Gasteiger partial charge in [-0.25, -0.2) is 19.9 Å². The highest BCUT2D eigenvalue weighted by Gasteiger charge is 2.25. The summed E-state index contributed by atoms with van der Waals surface area (Å²) < 4.78 is 4.81. The third kappa shape index (κ3) is 4.44. The minimum Gasteiger partial charge on any atom is -0.309 e. The van der Waals surface area contributed by atoms with Crippen LogP contribution in [0.5, 0.6) is 0 Å². The standard InChI is InChI=1S/C50H30N6/c1-4-15-31(16-5-1)47-52-48(32-17-6-2-7-18-32)54-49(53-47)38-27-29-41(35-22-11-10-21-34(35)38)55-42-26-14-24-37-36-23-12-13-25-40(36)56-46-39(28-30-43(55)45(46)44(37)42)51-50(56)33-19-8-3-9-20-33/h1-30H. The maximum atomic E-state index is 5.31. The Morgan fingerprint density at radius 1 is 0.339 bits per heavy atom. The van der Waals surface area contributed by atoms with Crippen molar-refractivity contribution in [1.82, 2.24) is 28.9 Å². The van der Waals surface area contributed by atoms with Crippen molar-refractivity contribution in [3.05, 3.63) is 182 Å². The van der Waals surface area contributed by atoms with Gasteiger partial charge in [0.1, 0.15) is 5.82 Å². The minimum atomic E-state index is 0.634. The molecule has 0 N–H and O–H groups in total. The van der Waals surface area contributed by atoms with Crippen LogP contribution < -0.4 is 0 Å². The van der Waals surface area contributed by atoms with E-state index in [1.54, 1.807) is 0 Å². The van der Waals surface area contributed by atoms with Crippen molar-refractivity contribution in [2.45, 2.75) is 0 Å². The van der Waals surface area contributed by atoms with Crippen LogP contribution in [0.15, 0.2) is 182 Å². The summed E-state index contributed by atoms with van der Waals surface area (Å²) in [6.45, 7) is 0. The summed E-state index contributed by atoms with van der Waals surface area (Å²) in [6, 6.07) is 63.7.